The quantitative estimate of drug-likeness (QED) is 0.248. The lowest BCUT2D eigenvalue weighted by Gasteiger charge is -2.03. The zero-order valence-electron chi connectivity index (χ0n) is 16.2. The molecule has 4 nitrogen and oxygen atoms in total. The molecule has 0 spiro atoms. The molecule has 2 aliphatic rings. The molecule has 2 aliphatic carbocycles. The molecule has 2 heterocycles. The maximum Gasteiger partial charge on any atom is 0.138 e. The highest BCUT2D eigenvalue weighted by Crippen LogP contribution is 2.61. The molecular weight excluding hydrogens is 432 g/mol. The molecule has 0 bridgehead atoms. The summed E-state index contributed by atoms with van der Waals surface area (Å²) in [7, 11) is 0. The van der Waals surface area contributed by atoms with E-state index in [4.69, 9.17) is 0 Å². The van der Waals surface area contributed by atoms with Crippen molar-refractivity contribution in [2.24, 2.45) is 0 Å². The summed E-state index contributed by atoms with van der Waals surface area (Å²) >= 11 is 3.15. The van der Waals surface area contributed by atoms with Crippen molar-refractivity contribution in [3.8, 4) is 46.5 Å². The Balaban J connectivity index is 1.79. The Morgan fingerprint density at radius 3 is 1.22 bits per heavy atom. The summed E-state index contributed by atoms with van der Waals surface area (Å²) in [6.07, 6.45) is 0. The second kappa shape index (κ2) is 6.52. The summed E-state index contributed by atoms with van der Waals surface area (Å²) in [4.78, 5) is 1.87. The number of thiophene rings is 2. The van der Waals surface area contributed by atoms with Crippen LogP contribution < -0.4 is 0 Å². The first-order valence-corrected chi connectivity index (χ1v) is 11.2. The molecule has 2 aromatic heterocycles. The van der Waals surface area contributed by atoms with Gasteiger partial charge in [-0.3, -0.25) is 0 Å². The summed E-state index contributed by atoms with van der Waals surface area (Å²) in [6, 6.07) is 23.9. The molecule has 0 unspecified atom stereocenters. The molecule has 2 aromatic carbocycles. The van der Waals surface area contributed by atoms with E-state index in [1.54, 1.807) is 22.7 Å². The van der Waals surface area contributed by atoms with Gasteiger partial charge in [0.2, 0.25) is 0 Å². The van der Waals surface area contributed by atoms with Crippen molar-refractivity contribution >= 4 is 43.2 Å². The van der Waals surface area contributed by atoms with Crippen molar-refractivity contribution in [2.75, 3.05) is 0 Å². The number of hydrogen-bond donors (Lipinski definition) is 0. The standard InChI is InChI=1S/C26H8N4S2/c27-9-13(10-28)19-15-5-1-3-7-17(15)21-23(19)31-26-22-18-8-4-2-6-16(18)20(14(11-29)12-30)24(22)32-25(21)26/h1-8H. The normalized spacial score (nSPS) is 12.1. The van der Waals surface area contributed by atoms with Crippen LogP contribution in [-0.4, -0.2) is 0 Å². The van der Waals surface area contributed by atoms with Crippen molar-refractivity contribution in [1.29, 1.82) is 21.0 Å². The average Bonchev–Trinajstić information content (AvgIpc) is 3.52. The van der Waals surface area contributed by atoms with Crippen LogP contribution in [0.1, 0.15) is 20.9 Å². The topological polar surface area (TPSA) is 95.2 Å². The molecular formula is C26H8N4S2. The first-order chi connectivity index (χ1) is 15.7. The van der Waals surface area contributed by atoms with E-state index in [0.29, 0.717) is 11.1 Å². The van der Waals surface area contributed by atoms with Crippen molar-refractivity contribution in [1.82, 2.24) is 0 Å². The van der Waals surface area contributed by atoms with Gasteiger partial charge in [-0.15, -0.1) is 22.7 Å². The Kier molecular flexibility index (Phi) is 3.73. The van der Waals surface area contributed by atoms with Gasteiger partial charge in [-0.05, 0) is 22.3 Å². The minimum absolute atomic E-state index is 0.110. The second-order valence-corrected chi connectivity index (χ2v) is 9.35. The number of fused-ring (bicyclic) bond motifs is 9. The molecule has 0 aliphatic heterocycles. The van der Waals surface area contributed by atoms with E-state index < -0.39 is 0 Å². The van der Waals surface area contributed by atoms with Crippen LogP contribution in [0.15, 0.2) is 59.7 Å². The summed E-state index contributed by atoms with van der Waals surface area (Å²) < 4.78 is 2.13. The number of nitriles is 4. The fraction of sp³-hybridized carbons (Fsp3) is 0. The largest absolute Gasteiger partial charge is 0.192 e. The third-order valence-electron chi connectivity index (χ3n) is 5.86. The number of benzene rings is 2. The van der Waals surface area contributed by atoms with Crippen molar-refractivity contribution in [2.45, 2.75) is 0 Å². The highest BCUT2D eigenvalue weighted by atomic mass is 32.1. The van der Waals surface area contributed by atoms with E-state index in [9.17, 15) is 21.0 Å². The maximum atomic E-state index is 9.61. The van der Waals surface area contributed by atoms with Gasteiger partial charge in [-0.25, -0.2) is 0 Å². The molecule has 4 aromatic rings. The number of allylic oxidation sites excluding steroid dienone is 2. The molecule has 32 heavy (non-hydrogen) atoms. The van der Waals surface area contributed by atoms with Gasteiger partial charge in [0.05, 0.1) is 9.40 Å². The molecule has 0 N–H and O–H groups in total. The van der Waals surface area contributed by atoms with Gasteiger partial charge in [-0.1, -0.05) is 48.5 Å². The molecule has 0 fully saturated rings. The highest BCUT2D eigenvalue weighted by molar-refractivity contribution is 7.31. The van der Waals surface area contributed by atoms with Gasteiger partial charge < -0.3 is 0 Å². The van der Waals surface area contributed by atoms with E-state index in [1.165, 1.54) is 0 Å². The summed E-state index contributed by atoms with van der Waals surface area (Å²) in [6.45, 7) is 0. The smallest absolute Gasteiger partial charge is 0.138 e. The van der Waals surface area contributed by atoms with Crippen LogP contribution in [-0.2, 0) is 0 Å². The summed E-state index contributed by atoms with van der Waals surface area (Å²) in [5, 5.41) is 38.4. The molecule has 0 amide bonds. The van der Waals surface area contributed by atoms with Gasteiger partial charge in [0, 0.05) is 32.0 Å². The van der Waals surface area contributed by atoms with Gasteiger partial charge >= 0.3 is 0 Å². The third kappa shape index (κ3) is 2.10. The molecule has 0 saturated carbocycles. The molecule has 6 heteroatoms. The zero-order chi connectivity index (χ0) is 22.0. The maximum absolute atomic E-state index is 9.61. The van der Waals surface area contributed by atoms with E-state index in [-0.39, 0.29) is 11.1 Å². The van der Waals surface area contributed by atoms with Crippen molar-refractivity contribution in [3.63, 3.8) is 0 Å². The Hall–Kier alpha value is -4.46. The van der Waals surface area contributed by atoms with Crippen LogP contribution in [0, 0.1) is 45.3 Å². The van der Waals surface area contributed by atoms with Crippen LogP contribution in [0.25, 0.3) is 42.8 Å². The Morgan fingerprint density at radius 2 is 0.875 bits per heavy atom. The first kappa shape index (κ1) is 18.3. The van der Waals surface area contributed by atoms with Crippen molar-refractivity contribution < 1.29 is 0 Å². The van der Waals surface area contributed by atoms with Crippen LogP contribution >= 0.6 is 22.7 Å². The van der Waals surface area contributed by atoms with E-state index in [0.717, 1.165) is 52.5 Å². The highest BCUT2D eigenvalue weighted by Gasteiger charge is 2.37. The summed E-state index contributed by atoms with van der Waals surface area (Å²) in [5.41, 5.74) is 7.48. The minimum atomic E-state index is 0.110. The fourth-order valence-corrected chi connectivity index (χ4v) is 7.69. The predicted octanol–water partition coefficient (Wildman–Crippen LogP) is 6.62. The first-order valence-electron chi connectivity index (χ1n) is 9.62. The van der Waals surface area contributed by atoms with E-state index in [2.05, 4.69) is 24.3 Å². The Morgan fingerprint density at radius 1 is 0.531 bits per heavy atom. The molecule has 6 rings (SSSR count). The van der Waals surface area contributed by atoms with Gasteiger partial charge in [0.25, 0.3) is 0 Å². The lowest BCUT2D eigenvalue weighted by molar-refractivity contribution is 1.46. The second-order valence-electron chi connectivity index (χ2n) is 7.31. The Labute approximate surface area is 191 Å². The molecule has 0 saturated heterocycles. The molecule has 144 valence electrons. The molecule has 0 radical (unpaired) electrons. The fourth-order valence-electron chi connectivity index (χ4n) is 4.63. The summed E-state index contributed by atoms with van der Waals surface area (Å²) in [5.74, 6) is 0. The Bertz CT molecular complexity index is 1600. The van der Waals surface area contributed by atoms with Crippen molar-refractivity contribution in [3.05, 3.63) is 80.6 Å². The van der Waals surface area contributed by atoms with E-state index >= 15 is 0 Å². The SMILES string of the molecule is N#CC(C#N)=C1c2ccccc2-c2c1sc1c3c(sc21)C(=C(C#N)C#N)c1ccccc1-3. The lowest BCUT2D eigenvalue weighted by Crippen LogP contribution is -1.85. The van der Waals surface area contributed by atoms with Crippen LogP contribution in [0.3, 0.4) is 0 Å². The number of nitrogens with zero attached hydrogens (tertiary/aromatic N) is 4. The monoisotopic (exact) mass is 440 g/mol. The van der Waals surface area contributed by atoms with Gasteiger partial charge in [0.1, 0.15) is 35.4 Å². The van der Waals surface area contributed by atoms with Crippen LogP contribution in [0.5, 0.6) is 0 Å². The number of hydrogen-bond acceptors (Lipinski definition) is 6. The van der Waals surface area contributed by atoms with Gasteiger partial charge in [-0.2, -0.15) is 21.0 Å². The minimum Gasteiger partial charge on any atom is -0.192 e. The zero-order valence-corrected chi connectivity index (χ0v) is 17.9. The van der Waals surface area contributed by atoms with Gasteiger partial charge in [0.15, 0.2) is 0 Å². The third-order valence-corrected chi connectivity index (χ3v) is 8.43. The number of rotatable bonds is 0. The van der Waals surface area contributed by atoms with Crippen LogP contribution in [0.2, 0.25) is 0 Å². The molecule has 0 atom stereocenters. The predicted molar refractivity (Wildman–Crippen MR) is 125 cm³/mol. The van der Waals surface area contributed by atoms with E-state index in [1.807, 2.05) is 48.5 Å². The van der Waals surface area contributed by atoms with Crippen LogP contribution in [0.4, 0.5) is 0 Å². The lowest BCUT2D eigenvalue weighted by atomic mass is 10.0. The average molecular weight is 441 g/mol.